The monoisotopic (exact) mass is 614 g/mol. The van der Waals surface area contributed by atoms with E-state index in [1.165, 1.54) is 19.3 Å². The number of aliphatic hydroxyl groups is 1. The lowest BCUT2D eigenvalue weighted by atomic mass is 9.47. The molecule has 2 amide bonds. The largest absolute Gasteiger partial charge is 0.391 e. The van der Waals surface area contributed by atoms with E-state index in [-0.39, 0.29) is 36.2 Å². The van der Waals surface area contributed by atoms with Gasteiger partial charge in [0.05, 0.1) is 33.9 Å². The first kappa shape index (κ1) is 28.4. The second-order valence-corrected chi connectivity index (χ2v) is 15.5. The molecule has 2 aromatic heterocycles. The van der Waals surface area contributed by atoms with Gasteiger partial charge in [-0.1, -0.05) is 29.5 Å². The molecule has 2 N–H and O–H groups in total. The highest BCUT2D eigenvalue weighted by Crippen LogP contribution is 2.64. The summed E-state index contributed by atoms with van der Waals surface area (Å²) in [6.45, 7) is 4.14. The van der Waals surface area contributed by atoms with Crippen LogP contribution in [0.2, 0.25) is 0 Å². The molecule has 5 saturated carbocycles. The number of amides is 2. The van der Waals surface area contributed by atoms with Crippen LogP contribution in [0.25, 0.3) is 10.4 Å². The van der Waals surface area contributed by atoms with Gasteiger partial charge in [-0.05, 0) is 94.1 Å². The second-order valence-electron chi connectivity index (χ2n) is 14.6. The number of nitrogens with zero attached hydrogens (tertiary/aromatic N) is 5. The van der Waals surface area contributed by atoms with Gasteiger partial charge in [0.1, 0.15) is 12.1 Å². The zero-order valence-electron chi connectivity index (χ0n) is 25.6. The number of rotatable bonds is 8. The van der Waals surface area contributed by atoms with Crippen LogP contribution in [0.4, 0.5) is 0 Å². The number of likely N-dealkylation sites (tertiary alicyclic amines) is 1. The fourth-order valence-electron chi connectivity index (χ4n) is 9.51. The molecule has 0 unspecified atom stereocenters. The van der Waals surface area contributed by atoms with E-state index in [1.54, 1.807) is 16.2 Å². The summed E-state index contributed by atoms with van der Waals surface area (Å²) < 4.78 is 1.86. The molecule has 4 bridgehead atoms. The number of benzene rings is 1. The van der Waals surface area contributed by atoms with E-state index in [9.17, 15) is 14.7 Å². The zero-order valence-corrected chi connectivity index (χ0v) is 26.4. The predicted octanol–water partition coefficient (Wildman–Crippen LogP) is 5.18. The van der Waals surface area contributed by atoms with Gasteiger partial charge in [0.2, 0.25) is 11.8 Å². The number of thiazole rings is 1. The molecular weight excluding hydrogens is 572 g/mol. The van der Waals surface area contributed by atoms with Gasteiger partial charge in [-0.3, -0.25) is 9.59 Å². The molecule has 0 spiro atoms. The van der Waals surface area contributed by atoms with Gasteiger partial charge >= 0.3 is 0 Å². The lowest BCUT2D eigenvalue weighted by Gasteiger charge is -2.59. The van der Waals surface area contributed by atoms with Gasteiger partial charge in [0.25, 0.3) is 0 Å². The van der Waals surface area contributed by atoms with Gasteiger partial charge in [-0.25, -0.2) is 9.67 Å². The van der Waals surface area contributed by atoms with Crippen molar-refractivity contribution in [2.75, 3.05) is 6.54 Å². The first-order chi connectivity index (χ1) is 21.3. The van der Waals surface area contributed by atoms with Gasteiger partial charge in [0, 0.05) is 30.5 Å². The third-order valence-corrected chi connectivity index (χ3v) is 12.3. The number of aliphatic hydroxyl groups excluding tert-OH is 1. The SMILES string of the molecule is Cc1ncsc1-c1ccc([C@H](C)NC(=O)[C@@H]2C[C@@H](O)CN2C(=O)[C@@H](n2cc(C3CC3)nn2)C23CC4CC(CC(C4)C2)C3)cc1. The maximum Gasteiger partial charge on any atom is 0.248 e. The Morgan fingerprint density at radius 3 is 2.34 bits per heavy atom. The molecule has 6 aliphatic rings. The van der Waals surface area contributed by atoms with Crippen LogP contribution in [-0.4, -0.2) is 60.5 Å². The van der Waals surface area contributed by atoms with Crippen molar-refractivity contribution >= 4 is 23.2 Å². The van der Waals surface area contributed by atoms with Crippen LogP contribution in [0, 0.1) is 30.1 Å². The molecule has 5 aliphatic carbocycles. The minimum absolute atomic E-state index is 0.0761. The normalized spacial score (nSPS) is 32.2. The summed E-state index contributed by atoms with van der Waals surface area (Å²) >= 11 is 1.62. The van der Waals surface area contributed by atoms with Crippen LogP contribution >= 0.6 is 11.3 Å². The number of aromatic nitrogens is 4. The molecule has 1 aromatic carbocycles. The average molecular weight is 615 g/mol. The molecule has 0 radical (unpaired) electrons. The summed E-state index contributed by atoms with van der Waals surface area (Å²) in [5, 5.41) is 23.1. The summed E-state index contributed by atoms with van der Waals surface area (Å²) in [4.78, 5) is 35.8. The van der Waals surface area contributed by atoms with E-state index in [0.717, 1.165) is 59.5 Å². The molecule has 10 heteroatoms. The van der Waals surface area contributed by atoms with Gasteiger partial charge in [-0.2, -0.15) is 0 Å². The fourth-order valence-corrected chi connectivity index (χ4v) is 10.3. The highest BCUT2D eigenvalue weighted by atomic mass is 32.1. The van der Waals surface area contributed by atoms with Crippen LogP contribution in [0.5, 0.6) is 0 Å². The Kier molecular flexibility index (Phi) is 6.94. The molecule has 1 saturated heterocycles. The van der Waals surface area contributed by atoms with E-state index in [1.807, 2.05) is 42.4 Å². The quantitative estimate of drug-likeness (QED) is 0.361. The molecule has 9 rings (SSSR count). The van der Waals surface area contributed by atoms with Gasteiger partial charge in [0.15, 0.2) is 0 Å². The molecule has 4 atom stereocenters. The Morgan fingerprint density at radius 1 is 1.05 bits per heavy atom. The van der Waals surface area contributed by atoms with Crippen molar-refractivity contribution in [3.8, 4) is 10.4 Å². The van der Waals surface area contributed by atoms with Crippen molar-refractivity contribution < 1.29 is 14.7 Å². The first-order valence-electron chi connectivity index (χ1n) is 16.5. The molecule has 1 aliphatic heterocycles. The van der Waals surface area contributed by atoms with Crippen LogP contribution in [-0.2, 0) is 9.59 Å². The van der Waals surface area contributed by atoms with Crippen molar-refractivity contribution in [1.82, 2.24) is 30.2 Å². The lowest BCUT2D eigenvalue weighted by molar-refractivity contribution is -0.154. The van der Waals surface area contributed by atoms with Crippen molar-refractivity contribution in [2.45, 2.75) is 102 Å². The molecule has 6 fully saturated rings. The van der Waals surface area contributed by atoms with Gasteiger partial charge < -0.3 is 15.3 Å². The summed E-state index contributed by atoms with van der Waals surface area (Å²) in [6, 6.07) is 6.76. The number of aryl methyl sites for hydroxylation is 1. The van der Waals surface area contributed by atoms with E-state index in [2.05, 4.69) is 32.7 Å². The highest BCUT2D eigenvalue weighted by Gasteiger charge is 2.58. The Labute approximate surface area is 262 Å². The summed E-state index contributed by atoms with van der Waals surface area (Å²) in [6.07, 6.45) is 10.7. The predicted molar refractivity (Wildman–Crippen MR) is 167 cm³/mol. The molecule has 3 heterocycles. The number of hydrogen-bond acceptors (Lipinski definition) is 7. The number of hydrogen-bond donors (Lipinski definition) is 2. The lowest BCUT2D eigenvalue weighted by Crippen LogP contribution is -2.56. The maximum absolute atomic E-state index is 14.8. The van der Waals surface area contributed by atoms with E-state index >= 15 is 0 Å². The molecule has 44 heavy (non-hydrogen) atoms. The summed E-state index contributed by atoms with van der Waals surface area (Å²) in [7, 11) is 0. The van der Waals surface area contributed by atoms with Crippen molar-refractivity contribution in [3.05, 3.63) is 52.9 Å². The smallest absolute Gasteiger partial charge is 0.248 e. The standard InChI is InChI=1S/C34H42N6O3S/c1-19(24-3-7-26(8-4-24)30-20(2)35-18-44-30)36-32(42)29-12-27(41)16-39(29)33(43)31(40-17-28(37-38-40)25-5-6-25)34-13-21-9-22(14-34)11-23(10-21)15-34/h3-4,7-8,17-19,21-23,25,27,29,31,41H,5-6,9-16H2,1-2H3,(H,36,42)/t19-,21?,22?,23?,27+,29-,31+,34?/m0/s1. The molecular formula is C34H42N6O3S. The first-order valence-corrected chi connectivity index (χ1v) is 17.4. The van der Waals surface area contributed by atoms with E-state index < -0.39 is 18.2 Å². The Bertz CT molecular complexity index is 1530. The molecule has 9 nitrogen and oxygen atoms in total. The third kappa shape index (κ3) is 4.98. The van der Waals surface area contributed by atoms with Crippen LogP contribution < -0.4 is 5.32 Å². The zero-order chi connectivity index (χ0) is 30.2. The van der Waals surface area contributed by atoms with Gasteiger partial charge in [-0.15, -0.1) is 16.4 Å². The van der Waals surface area contributed by atoms with E-state index in [0.29, 0.717) is 23.7 Å². The molecule has 232 valence electrons. The average Bonchev–Trinajstić information content (AvgIpc) is 3.36. The highest BCUT2D eigenvalue weighted by molar-refractivity contribution is 7.13. The second kappa shape index (κ2) is 10.8. The number of carbonyl (C=O) groups excluding carboxylic acids is 2. The van der Waals surface area contributed by atoms with Crippen LogP contribution in [0.15, 0.2) is 36.0 Å². The van der Waals surface area contributed by atoms with E-state index in [4.69, 9.17) is 0 Å². The number of β-amino-alcohol motifs (C(OH)–C–C–N with tert-alkyl or cyclic N) is 1. The third-order valence-electron chi connectivity index (χ3n) is 11.3. The number of carbonyl (C=O) groups is 2. The van der Waals surface area contributed by atoms with Crippen LogP contribution in [0.1, 0.15) is 99.7 Å². The number of nitrogens with one attached hydrogen (secondary N) is 1. The molecule has 3 aromatic rings. The van der Waals surface area contributed by atoms with Crippen molar-refractivity contribution in [1.29, 1.82) is 0 Å². The van der Waals surface area contributed by atoms with Crippen molar-refractivity contribution in [2.24, 2.45) is 23.2 Å². The van der Waals surface area contributed by atoms with Crippen LogP contribution in [0.3, 0.4) is 0 Å². The summed E-state index contributed by atoms with van der Waals surface area (Å²) in [5.74, 6) is 2.15. The minimum atomic E-state index is -0.735. The summed E-state index contributed by atoms with van der Waals surface area (Å²) in [5.41, 5.74) is 5.77. The fraction of sp³-hybridized carbons (Fsp3) is 0.618. The Balaban J connectivity index is 1.04. The Morgan fingerprint density at radius 2 is 1.73 bits per heavy atom. The topological polar surface area (TPSA) is 113 Å². The minimum Gasteiger partial charge on any atom is -0.391 e. The maximum atomic E-state index is 14.8. The Hall–Kier alpha value is -3.11. The van der Waals surface area contributed by atoms with Crippen molar-refractivity contribution in [3.63, 3.8) is 0 Å².